The first-order chi connectivity index (χ1) is 15.3. The molecule has 1 saturated carbocycles. The number of rotatable bonds is 6. The van der Waals surface area contributed by atoms with Gasteiger partial charge >= 0.3 is 6.09 Å². The van der Waals surface area contributed by atoms with Crippen LogP contribution < -0.4 is 9.47 Å². The van der Waals surface area contributed by atoms with Gasteiger partial charge in [0.05, 0.1) is 29.9 Å². The fourth-order valence-corrected chi connectivity index (χ4v) is 4.24. The van der Waals surface area contributed by atoms with E-state index in [1.807, 2.05) is 20.8 Å². The molecule has 1 saturated heterocycles. The van der Waals surface area contributed by atoms with Crippen molar-refractivity contribution in [2.24, 2.45) is 11.3 Å². The van der Waals surface area contributed by atoms with Crippen molar-refractivity contribution >= 4 is 23.4 Å². The van der Waals surface area contributed by atoms with Crippen molar-refractivity contribution in [3.05, 3.63) is 46.5 Å². The third kappa shape index (κ3) is 4.58. The lowest BCUT2D eigenvalue weighted by atomic mass is 9.96. The Morgan fingerprint density at radius 3 is 2.84 bits per heavy atom. The van der Waals surface area contributed by atoms with Crippen LogP contribution in [-0.4, -0.2) is 46.8 Å². The molecular weight excluding hydrogens is 432 g/mol. The number of hydrogen-bond acceptors (Lipinski definition) is 6. The van der Waals surface area contributed by atoms with Crippen molar-refractivity contribution < 1.29 is 19.0 Å². The van der Waals surface area contributed by atoms with Crippen LogP contribution in [0.1, 0.15) is 32.3 Å². The largest absolute Gasteiger partial charge is 0.477 e. The maximum absolute atomic E-state index is 12.2. The molecule has 2 aliphatic rings. The van der Waals surface area contributed by atoms with Crippen LogP contribution in [0.4, 0.5) is 10.5 Å². The highest BCUT2D eigenvalue weighted by Crippen LogP contribution is 2.58. The van der Waals surface area contributed by atoms with Crippen LogP contribution in [0.15, 0.2) is 24.5 Å². The number of amides is 1. The lowest BCUT2D eigenvalue weighted by Crippen LogP contribution is -2.41. The van der Waals surface area contributed by atoms with Gasteiger partial charge < -0.3 is 19.1 Å². The van der Waals surface area contributed by atoms with E-state index in [4.69, 9.17) is 32.4 Å². The number of ether oxygens (including phenoxy) is 3. The summed E-state index contributed by atoms with van der Waals surface area (Å²) >= 11 is 6.22. The first kappa shape index (κ1) is 22.2. The molecule has 0 bridgehead atoms. The highest BCUT2D eigenvalue weighted by molar-refractivity contribution is 6.32. The van der Waals surface area contributed by atoms with Gasteiger partial charge in [0.2, 0.25) is 11.8 Å². The van der Waals surface area contributed by atoms with E-state index < -0.39 is 0 Å². The number of fused-ring (bicyclic) bond motifs is 1. The van der Waals surface area contributed by atoms with Crippen molar-refractivity contribution in [1.29, 1.82) is 0 Å². The van der Waals surface area contributed by atoms with Gasteiger partial charge in [0.15, 0.2) is 5.69 Å². The predicted molar refractivity (Wildman–Crippen MR) is 118 cm³/mol. The molecule has 1 aliphatic carbocycles. The van der Waals surface area contributed by atoms with Crippen molar-refractivity contribution in [1.82, 2.24) is 14.9 Å². The minimum atomic E-state index is -0.238. The van der Waals surface area contributed by atoms with Gasteiger partial charge in [-0.3, -0.25) is 0 Å². The number of benzene rings is 1. The fourth-order valence-electron chi connectivity index (χ4n) is 4.03. The highest BCUT2D eigenvalue weighted by atomic mass is 35.5. The summed E-state index contributed by atoms with van der Waals surface area (Å²) in [5.41, 5.74) is 1.18. The average molecular weight is 457 g/mol. The first-order valence-corrected chi connectivity index (χ1v) is 10.9. The van der Waals surface area contributed by atoms with E-state index in [0.29, 0.717) is 59.4 Å². The smallest absolute Gasteiger partial charge is 0.410 e. The van der Waals surface area contributed by atoms with Crippen molar-refractivity contribution in [2.45, 2.75) is 39.7 Å². The topological polar surface area (TPSA) is 78.1 Å². The molecule has 8 nitrogen and oxygen atoms in total. The molecule has 9 heteroatoms. The molecule has 0 radical (unpaired) electrons. The maximum atomic E-state index is 12.2. The van der Waals surface area contributed by atoms with E-state index in [-0.39, 0.29) is 17.6 Å². The van der Waals surface area contributed by atoms with E-state index in [2.05, 4.69) is 14.8 Å². The van der Waals surface area contributed by atoms with Gasteiger partial charge in [0.25, 0.3) is 0 Å². The number of aromatic nitrogens is 2. The van der Waals surface area contributed by atoms with Crippen LogP contribution in [0.5, 0.6) is 17.5 Å². The summed E-state index contributed by atoms with van der Waals surface area (Å²) in [4.78, 5) is 25.8. The number of carbonyl (C=O) groups is 1. The fraction of sp³-hybridized carbons (Fsp3) is 0.478. The van der Waals surface area contributed by atoms with E-state index in [0.717, 1.165) is 12.8 Å². The summed E-state index contributed by atoms with van der Waals surface area (Å²) in [5, 5.41) is 0.335. The van der Waals surface area contributed by atoms with Gasteiger partial charge in [-0.1, -0.05) is 17.7 Å². The average Bonchev–Trinajstić information content (AvgIpc) is 3.49. The van der Waals surface area contributed by atoms with Gasteiger partial charge in [-0.15, -0.1) is 0 Å². The second kappa shape index (κ2) is 8.83. The van der Waals surface area contributed by atoms with E-state index >= 15 is 0 Å². The van der Waals surface area contributed by atoms with Gasteiger partial charge in [-0.2, -0.15) is 0 Å². The Morgan fingerprint density at radius 1 is 1.38 bits per heavy atom. The van der Waals surface area contributed by atoms with Crippen LogP contribution >= 0.6 is 11.6 Å². The second-order valence-electron chi connectivity index (χ2n) is 8.62. The Kier molecular flexibility index (Phi) is 6.11. The van der Waals surface area contributed by atoms with Crippen molar-refractivity contribution in [3.63, 3.8) is 0 Å². The molecular formula is C23H25ClN4O4. The monoisotopic (exact) mass is 456 g/mol. The minimum Gasteiger partial charge on any atom is -0.477 e. The van der Waals surface area contributed by atoms with Crippen LogP contribution in [0.3, 0.4) is 0 Å². The van der Waals surface area contributed by atoms with E-state index in [1.165, 1.54) is 6.33 Å². The Labute approximate surface area is 192 Å². The standard InChI is InChI=1S/C23H25ClN4O4/c1-14(2)31-22(29)28-8-7-23(10-16(23)11-28)12-30-20-15(3)21(27-13-26-20)32-19-6-5-17(25-4)9-18(19)24/h5-6,9,13-14,16H,7-8,10-12H2,1-3H3. The Hall–Kier alpha value is -3.05. The van der Waals surface area contributed by atoms with Gasteiger partial charge in [0, 0.05) is 18.5 Å². The van der Waals surface area contributed by atoms with E-state index in [9.17, 15) is 4.79 Å². The normalized spacial score (nSPS) is 21.5. The Morgan fingerprint density at radius 2 is 2.16 bits per heavy atom. The zero-order valence-electron chi connectivity index (χ0n) is 18.3. The maximum Gasteiger partial charge on any atom is 0.410 e. The molecule has 1 aliphatic heterocycles. The van der Waals surface area contributed by atoms with Crippen molar-refractivity contribution in [2.75, 3.05) is 19.7 Å². The molecule has 1 amide bonds. The molecule has 2 unspecified atom stereocenters. The second-order valence-corrected chi connectivity index (χ2v) is 9.03. The quantitative estimate of drug-likeness (QED) is 0.540. The molecule has 32 heavy (non-hydrogen) atoms. The number of hydrogen-bond donors (Lipinski definition) is 0. The van der Waals surface area contributed by atoms with Crippen LogP contribution in [0.2, 0.25) is 5.02 Å². The molecule has 2 atom stereocenters. The summed E-state index contributed by atoms with van der Waals surface area (Å²) in [6.07, 6.45) is 2.94. The predicted octanol–water partition coefficient (Wildman–Crippen LogP) is 5.42. The molecule has 2 heterocycles. The van der Waals surface area contributed by atoms with Gasteiger partial charge in [0.1, 0.15) is 12.1 Å². The van der Waals surface area contributed by atoms with Crippen LogP contribution in [-0.2, 0) is 4.74 Å². The molecule has 4 rings (SSSR count). The number of carbonyl (C=O) groups excluding carboxylic acids is 1. The summed E-state index contributed by atoms with van der Waals surface area (Å²) in [6, 6.07) is 4.83. The van der Waals surface area contributed by atoms with Crippen LogP contribution in [0.25, 0.3) is 4.85 Å². The van der Waals surface area contributed by atoms with Crippen molar-refractivity contribution in [3.8, 4) is 17.5 Å². The Balaban J connectivity index is 1.38. The molecule has 2 fully saturated rings. The molecule has 0 spiro atoms. The first-order valence-electron chi connectivity index (χ1n) is 10.6. The Bertz CT molecular complexity index is 1070. The lowest BCUT2D eigenvalue weighted by molar-refractivity contribution is 0.0586. The molecule has 168 valence electrons. The van der Waals surface area contributed by atoms with Crippen LogP contribution in [0, 0.1) is 24.8 Å². The summed E-state index contributed by atoms with van der Waals surface area (Å²) in [5.74, 6) is 1.64. The third-order valence-electron chi connectivity index (χ3n) is 6.01. The summed E-state index contributed by atoms with van der Waals surface area (Å²) in [6.45, 7) is 14.5. The number of likely N-dealkylation sites (tertiary alicyclic amines) is 1. The zero-order chi connectivity index (χ0) is 22.9. The lowest BCUT2D eigenvalue weighted by Gasteiger charge is -2.31. The summed E-state index contributed by atoms with van der Waals surface area (Å²) < 4.78 is 17.3. The number of nitrogens with zero attached hydrogens (tertiary/aromatic N) is 4. The SMILES string of the molecule is [C-]#[N+]c1ccc(Oc2ncnc(OCC34CCN(C(=O)OC(C)C)CC3C4)c2C)c(Cl)c1. The number of piperidine rings is 1. The highest BCUT2D eigenvalue weighted by Gasteiger charge is 2.58. The summed E-state index contributed by atoms with van der Waals surface area (Å²) in [7, 11) is 0. The molecule has 0 N–H and O–H groups in total. The molecule has 1 aromatic heterocycles. The zero-order valence-corrected chi connectivity index (χ0v) is 19.1. The minimum absolute atomic E-state index is 0.0753. The molecule has 2 aromatic rings. The number of halogens is 1. The molecule has 1 aromatic carbocycles. The third-order valence-corrected chi connectivity index (χ3v) is 6.31. The van der Waals surface area contributed by atoms with Gasteiger partial charge in [-0.25, -0.2) is 19.6 Å². The van der Waals surface area contributed by atoms with Gasteiger partial charge in [-0.05, 0) is 51.7 Å². The van der Waals surface area contributed by atoms with E-state index in [1.54, 1.807) is 23.1 Å².